The van der Waals surface area contributed by atoms with Crippen molar-refractivity contribution in [3.05, 3.63) is 23.3 Å². The van der Waals surface area contributed by atoms with Crippen LogP contribution >= 0.6 is 0 Å². The number of carbonyl (C=O) groups is 1. The van der Waals surface area contributed by atoms with Crippen molar-refractivity contribution >= 4 is 11.5 Å². The van der Waals surface area contributed by atoms with Crippen LogP contribution in [0.4, 0.5) is 0 Å². The Labute approximate surface area is 177 Å². The van der Waals surface area contributed by atoms with Gasteiger partial charge in [-0.2, -0.15) is 0 Å². The monoisotopic (exact) mass is 407 g/mol. The second-order valence-electron chi connectivity index (χ2n) is 11.9. The van der Waals surface area contributed by atoms with Gasteiger partial charge in [-0.1, -0.05) is 67.5 Å². The minimum absolute atomic E-state index is 0.0869. The summed E-state index contributed by atoms with van der Waals surface area (Å²) in [5, 5.41) is 4.31. The third-order valence-corrected chi connectivity index (χ3v) is 4.75. The zero-order chi connectivity index (χ0) is 23.1. The van der Waals surface area contributed by atoms with E-state index < -0.39 is 16.6 Å². The first-order valence-corrected chi connectivity index (χ1v) is 10.2. The highest BCUT2D eigenvalue weighted by Gasteiger charge is 2.54. The topological polar surface area (TPSA) is 57.1 Å². The van der Waals surface area contributed by atoms with Crippen molar-refractivity contribution in [2.24, 2.45) is 21.4 Å². The zero-order valence-electron chi connectivity index (χ0n) is 20.7. The van der Waals surface area contributed by atoms with Crippen molar-refractivity contribution in [2.75, 3.05) is 7.11 Å². The summed E-state index contributed by atoms with van der Waals surface area (Å²) >= 11 is 0. The molecule has 1 aliphatic carbocycles. The summed E-state index contributed by atoms with van der Waals surface area (Å²) in [4.78, 5) is 30.8. The molecule has 0 aromatic heterocycles. The molecule has 1 aliphatic rings. The predicted octanol–water partition coefficient (Wildman–Crippen LogP) is 6.05. The Hall–Kier alpha value is -1.46. The molecule has 1 unspecified atom stereocenters. The van der Waals surface area contributed by atoms with E-state index in [0.717, 1.165) is 11.3 Å². The van der Waals surface area contributed by atoms with E-state index in [0.29, 0.717) is 5.57 Å². The highest BCUT2D eigenvalue weighted by atomic mass is 17.2. The van der Waals surface area contributed by atoms with Crippen molar-refractivity contribution in [3.63, 3.8) is 0 Å². The van der Waals surface area contributed by atoms with Gasteiger partial charge >= 0.3 is 0 Å². The SMILES string of the molecule is CON=C(C1=CC(OOC(C)(C)C)(C(C)(C)C)C(=O)C(C(C)(C)C)=C1)C(C)(C)C. The molecular formula is C24H41NO4. The summed E-state index contributed by atoms with van der Waals surface area (Å²) in [5.74, 6) is -0.0869. The second-order valence-corrected chi connectivity index (χ2v) is 11.9. The third-order valence-electron chi connectivity index (χ3n) is 4.75. The fourth-order valence-electron chi connectivity index (χ4n) is 3.09. The number of nitrogens with zero attached hydrogens (tertiary/aromatic N) is 1. The average Bonchev–Trinajstić information content (AvgIpc) is 2.47. The molecule has 5 heteroatoms. The Balaban J connectivity index is 3.87. The fourth-order valence-corrected chi connectivity index (χ4v) is 3.09. The maximum Gasteiger partial charge on any atom is 0.199 e. The Bertz CT molecular complexity index is 716. The molecule has 0 fully saturated rings. The standard InChI is InChI=1S/C24H41NO4/c1-20(2,3)17-14-16(18(25-27-13)21(4,5)6)15-24(19(17)26,22(7,8)9)29-28-23(10,11)12/h14-15H,1-13H3. The fraction of sp³-hybridized carbons (Fsp3) is 0.750. The van der Waals surface area contributed by atoms with Crippen LogP contribution in [0.25, 0.3) is 0 Å². The van der Waals surface area contributed by atoms with Gasteiger partial charge in [-0.05, 0) is 43.9 Å². The number of ketones is 1. The van der Waals surface area contributed by atoms with E-state index in [2.05, 4.69) is 25.9 Å². The van der Waals surface area contributed by atoms with Gasteiger partial charge < -0.3 is 4.84 Å². The minimum atomic E-state index is -1.30. The van der Waals surface area contributed by atoms with Gasteiger partial charge in [-0.3, -0.25) is 4.79 Å². The van der Waals surface area contributed by atoms with Gasteiger partial charge in [-0.25, -0.2) is 9.78 Å². The highest BCUT2D eigenvalue weighted by molar-refractivity contribution is 6.14. The maximum absolute atomic E-state index is 13.8. The molecule has 0 spiro atoms. The van der Waals surface area contributed by atoms with Crippen LogP contribution in [0, 0.1) is 16.2 Å². The molecule has 0 bridgehead atoms. The van der Waals surface area contributed by atoms with E-state index in [1.807, 2.05) is 74.5 Å². The molecule has 0 aliphatic heterocycles. The summed E-state index contributed by atoms with van der Waals surface area (Å²) in [6.07, 6.45) is 3.79. The van der Waals surface area contributed by atoms with Gasteiger partial charge in [0.25, 0.3) is 0 Å². The predicted molar refractivity (Wildman–Crippen MR) is 119 cm³/mol. The Kier molecular flexibility index (Phi) is 7.05. The Morgan fingerprint density at radius 3 is 1.79 bits per heavy atom. The highest BCUT2D eigenvalue weighted by Crippen LogP contribution is 2.46. The number of oxime groups is 1. The largest absolute Gasteiger partial charge is 0.399 e. The zero-order valence-corrected chi connectivity index (χ0v) is 20.7. The average molecular weight is 408 g/mol. The van der Waals surface area contributed by atoms with Crippen LogP contribution in [0.2, 0.25) is 0 Å². The lowest BCUT2D eigenvalue weighted by Crippen LogP contribution is -2.55. The van der Waals surface area contributed by atoms with E-state index in [1.165, 1.54) is 7.11 Å². The van der Waals surface area contributed by atoms with Crippen molar-refractivity contribution in [3.8, 4) is 0 Å². The molecule has 5 nitrogen and oxygen atoms in total. The lowest BCUT2D eigenvalue weighted by molar-refractivity contribution is -0.397. The molecule has 0 saturated heterocycles. The van der Waals surface area contributed by atoms with Crippen LogP contribution in [0.15, 0.2) is 28.5 Å². The first kappa shape index (κ1) is 25.6. The van der Waals surface area contributed by atoms with E-state index in [-0.39, 0.29) is 16.6 Å². The van der Waals surface area contributed by atoms with Crippen LogP contribution in [0.3, 0.4) is 0 Å². The molecule has 0 heterocycles. The second kappa shape index (κ2) is 7.99. The third kappa shape index (κ3) is 5.79. The first-order chi connectivity index (χ1) is 12.8. The van der Waals surface area contributed by atoms with Crippen molar-refractivity contribution in [1.29, 1.82) is 0 Å². The van der Waals surface area contributed by atoms with Crippen LogP contribution in [0.1, 0.15) is 83.1 Å². The van der Waals surface area contributed by atoms with Crippen molar-refractivity contribution in [1.82, 2.24) is 0 Å². The molecule has 0 aromatic carbocycles. The molecule has 0 amide bonds. The lowest BCUT2D eigenvalue weighted by atomic mass is 9.64. The van der Waals surface area contributed by atoms with Gasteiger partial charge in [0, 0.05) is 16.4 Å². The number of rotatable bonds is 4. The molecule has 166 valence electrons. The normalized spacial score (nSPS) is 22.4. The summed E-state index contributed by atoms with van der Waals surface area (Å²) in [6.45, 7) is 23.9. The number of allylic oxidation sites excluding steroid dienone is 2. The summed E-state index contributed by atoms with van der Waals surface area (Å²) in [6, 6.07) is 0. The Morgan fingerprint density at radius 1 is 0.931 bits per heavy atom. The number of hydrogen-bond donors (Lipinski definition) is 0. The van der Waals surface area contributed by atoms with E-state index >= 15 is 0 Å². The van der Waals surface area contributed by atoms with E-state index in [9.17, 15) is 4.79 Å². The molecule has 0 saturated carbocycles. The van der Waals surface area contributed by atoms with Gasteiger partial charge in [0.05, 0.1) is 11.3 Å². The number of Topliss-reactive ketones (excluding diaryl/α,β-unsaturated/α-hetero) is 1. The van der Waals surface area contributed by atoms with Gasteiger partial charge in [0.2, 0.25) is 0 Å². The first-order valence-electron chi connectivity index (χ1n) is 10.2. The lowest BCUT2D eigenvalue weighted by Gasteiger charge is -2.45. The van der Waals surface area contributed by atoms with Crippen LogP contribution in [0.5, 0.6) is 0 Å². The van der Waals surface area contributed by atoms with Gasteiger partial charge in [0.15, 0.2) is 11.4 Å². The molecular weight excluding hydrogens is 366 g/mol. The van der Waals surface area contributed by atoms with Crippen LogP contribution in [-0.2, 0) is 19.4 Å². The summed E-state index contributed by atoms with van der Waals surface area (Å²) < 4.78 is 0. The minimum Gasteiger partial charge on any atom is -0.399 e. The summed E-state index contributed by atoms with van der Waals surface area (Å²) in [7, 11) is 1.53. The smallest absolute Gasteiger partial charge is 0.199 e. The van der Waals surface area contributed by atoms with Crippen molar-refractivity contribution < 1.29 is 19.4 Å². The quantitative estimate of drug-likeness (QED) is 0.323. The van der Waals surface area contributed by atoms with Crippen molar-refractivity contribution in [2.45, 2.75) is 94.3 Å². The molecule has 0 radical (unpaired) electrons. The molecule has 0 aromatic rings. The summed E-state index contributed by atoms with van der Waals surface area (Å²) in [5.41, 5.74) is -0.865. The van der Waals surface area contributed by atoms with Gasteiger partial charge in [0.1, 0.15) is 7.11 Å². The van der Waals surface area contributed by atoms with Crippen LogP contribution < -0.4 is 0 Å². The maximum atomic E-state index is 13.8. The van der Waals surface area contributed by atoms with E-state index in [4.69, 9.17) is 14.6 Å². The molecule has 1 atom stereocenters. The van der Waals surface area contributed by atoms with E-state index in [1.54, 1.807) is 0 Å². The molecule has 0 N–H and O–H groups in total. The Morgan fingerprint density at radius 2 is 1.45 bits per heavy atom. The number of hydrogen-bond acceptors (Lipinski definition) is 5. The molecule has 29 heavy (non-hydrogen) atoms. The number of carbonyl (C=O) groups excluding carboxylic acids is 1. The van der Waals surface area contributed by atoms with Crippen LogP contribution in [-0.4, -0.2) is 29.8 Å². The van der Waals surface area contributed by atoms with Gasteiger partial charge in [-0.15, -0.1) is 0 Å². The molecule has 1 rings (SSSR count).